The number of pyridine rings is 3. The van der Waals surface area contributed by atoms with Crippen LogP contribution in [-0.2, 0) is 49.9 Å². The van der Waals surface area contributed by atoms with Crippen molar-refractivity contribution in [3.05, 3.63) is 329 Å². The topological polar surface area (TPSA) is 194 Å². The summed E-state index contributed by atoms with van der Waals surface area (Å²) >= 11 is 0. The maximum atomic E-state index is 15.5. The zero-order valence-electron chi connectivity index (χ0n) is 71.2. The molecule has 0 unspecified atom stereocenters. The number of nitrogens with zero attached hydrogens (tertiary/aromatic N) is 11. The van der Waals surface area contributed by atoms with Gasteiger partial charge in [0.1, 0.15) is 51.5 Å². The van der Waals surface area contributed by atoms with Gasteiger partial charge in [-0.1, -0.05) is 158 Å². The summed E-state index contributed by atoms with van der Waals surface area (Å²) in [7, 11) is 3.91. The summed E-state index contributed by atoms with van der Waals surface area (Å²) in [6.07, 6.45) is 14.8. The third-order valence-electron chi connectivity index (χ3n) is 27.7. The number of aliphatic hydroxyl groups is 1. The number of allylic oxidation sites excluding steroid dienone is 3. The fourth-order valence-corrected chi connectivity index (χ4v) is 21.6. The highest BCUT2D eigenvalue weighted by Gasteiger charge is 2.58. The Kier molecular flexibility index (Phi) is 21.7. The van der Waals surface area contributed by atoms with Gasteiger partial charge in [-0.3, -0.25) is 29.3 Å². The van der Waals surface area contributed by atoms with Crippen molar-refractivity contribution in [3.8, 4) is 67.9 Å². The van der Waals surface area contributed by atoms with Gasteiger partial charge >= 0.3 is 0 Å². The Balaban J connectivity index is 0.000000129. The van der Waals surface area contributed by atoms with Crippen LogP contribution < -0.4 is 9.80 Å². The van der Waals surface area contributed by atoms with E-state index >= 15 is 13.2 Å². The summed E-state index contributed by atoms with van der Waals surface area (Å²) in [5.74, 6) is -1.56. The van der Waals surface area contributed by atoms with E-state index in [0.717, 1.165) is 81.8 Å². The fraction of sp³-hybridized carbons (Fsp3) is 0.257. The first-order chi connectivity index (χ1) is 60.7. The van der Waals surface area contributed by atoms with Crippen LogP contribution in [0.4, 0.5) is 37.7 Å². The molecule has 8 aromatic carbocycles. The summed E-state index contributed by atoms with van der Waals surface area (Å²) in [4.78, 5) is 87.9. The van der Waals surface area contributed by atoms with E-state index in [2.05, 4.69) is 35.7 Å². The molecule has 3 fully saturated rings. The number of rotatable bonds is 10. The lowest BCUT2D eigenvalue weighted by Gasteiger charge is -2.53. The molecule has 6 aliphatic carbocycles. The molecule has 0 bridgehead atoms. The molecule has 8 atom stereocenters. The first-order valence-corrected chi connectivity index (χ1v) is 42.7. The van der Waals surface area contributed by atoms with Crippen molar-refractivity contribution in [1.82, 2.24) is 44.9 Å². The van der Waals surface area contributed by atoms with E-state index < -0.39 is 44.9 Å². The van der Waals surface area contributed by atoms with Crippen molar-refractivity contribution in [1.29, 1.82) is 0 Å². The fourth-order valence-electron chi connectivity index (χ4n) is 21.6. The zero-order chi connectivity index (χ0) is 88.0. The number of benzene rings is 8. The number of hydrogen-bond donors (Lipinski definition) is 1. The van der Waals surface area contributed by atoms with Crippen LogP contribution in [0.1, 0.15) is 121 Å². The summed E-state index contributed by atoms with van der Waals surface area (Å²) in [6.45, 7) is 14.4. The summed E-state index contributed by atoms with van der Waals surface area (Å²) in [6, 6.07) is 59.4. The highest BCUT2D eigenvalue weighted by Crippen LogP contribution is 2.60. The minimum atomic E-state index is -0.663. The molecule has 3 saturated carbocycles. The van der Waals surface area contributed by atoms with E-state index in [1.165, 1.54) is 42.6 Å². The first kappa shape index (κ1) is 83.3. The molecule has 21 heteroatoms. The molecule has 1 N–H and O–H groups in total. The van der Waals surface area contributed by atoms with E-state index in [-0.39, 0.29) is 75.1 Å². The second-order valence-corrected chi connectivity index (χ2v) is 35.5. The lowest BCUT2D eigenvalue weighted by atomic mass is 9.50. The van der Waals surface area contributed by atoms with Crippen molar-refractivity contribution in [2.75, 3.05) is 23.9 Å². The number of ketones is 3. The molecule has 20 rings (SSSR count). The van der Waals surface area contributed by atoms with Gasteiger partial charge in [0.15, 0.2) is 34.8 Å². The second kappa shape index (κ2) is 32.8. The van der Waals surface area contributed by atoms with Crippen LogP contribution in [0.25, 0.3) is 101 Å². The SMILES string of the molecule is CN(/C=C1/C[C@@]2(C)c3nc(-c4ccnc5c(F)cccc45)nc(-c4ccccc4F)c3CC[C@@H]2C(C)(C)C1=O)c1ccccc1.C[C@H]1C(=O)/C(=C\N(C)c2ccccc2)C[C@@]2(C)c3nc(-c4ccnc5c(F)cccc45)nc(-c4ccccc4F)c3CC[C@H]12.C[C@H]1C(=O)/C(=C\O)C[C@@]2(C)c3nc(-c4ccnc5c(F)cccc45)nc(-c4ccccc4F)c3CC[C@H]12. The van der Waals surface area contributed by atoms with Crippen molar-refractivity contribution in [2.45, 2.75) is 122 Å². The summed E-state index contributed by atoms with van der Waals surface area (Å²) in [5, 5.41) is 11.6. The predicted octanol–water partition coefficient (Wildman–Crippen LogP) is 23.1. The van der Waals surface area contributed by atoms with Crippen molar-refractivity contribution >= 4 is 61.4 Å². The van der Waals surface area contributed by atoms with Gasteiger partial charge in [0.05, 0.1) is 40.4 Å². The van der Waals surface area contributed by atoms with Crippen LogP contribution in [-0.4, -0.2) is 81.4 Å². The number of carbonyl (C=O) groups is 3. The third-order valence-corrected chi connectivity index (χ3v) is 27.7. The van der Waals surface area contributed by atoms with Gasteiger partial charge in [0.2, 0.25) is 0 Å². The van der Waals surface area contributed by atoms with E-state index in [9.17, 15) is 32.7 Å². The Bertz CT molecular complexity index is 6860. The Morgan fingerprint density at radius 2 is 0.690 bits per heavy atom. The first-order valence-electron chi connectivity index (χ1n) is 42.7. The van der Waals surface area contributed by atoms with Gasteiger partial charge < -0.3 is 14.9 Å². The Morgan fingerprint density at radius 1 is 0.365 bits per heavy atom. The predicted molar refractivity (Wildman–Crippen MR) is 479 cm³/mol. The molecule has 0 aliphatic heterocycles. The van der Waals surface area contributed by atoms with Gasteiger partial charge in [-0.15, -0.1) is 0 Å². The largest absolute Gasteiger partial charge is 0.515 e. The minimum Gasteiger partial charge on any atom is -0.515 e. The molecule has 6 heterocycles. The molecule has 632 valence electrons. The average Bonchev–Trinajstić information content (AvgIpc) is 0.721. The van der Waals surface area contributed by atoms with E-state index in [0.29, 0.717) is 128 Å². The molecule has 15 nitrogen and oxygen atoms in total. The van der Waals surface area contributed by atoms with Crippen LogP contribution in [0.2, 0.25) is 0 Å². The number of anilines is 2. The molecule has 0 amide bonds. The van der Waals surface area contributed by atoms with E-state index in [4.69, 9.17) is 29.9 Å². The van der Waals surface area contributed by atoms with Crippen molar-refractivity contribution < 1.29 is 45.8 Å². The molecular formula is C105H91F6N11O4. The average molecular weight is 1680 g/mol. The van der Waals surface area contributed by atoms with Crippen LogP contribution >= 0.6 is 0 Å². The van der Waals surface area contributed by atoms with Crippen LogP contribution in [0.5, 0.6) is 0 Å². The number of Topliss-reactive ketones (excluding diaryl/α,β-unsaturated/α-hetero) is 3. The van der Waals surface area contributed by atoms with Gasteiger partial charge in [0, 0.05) is 173 Å². The normalized spacial score (nSPS) is 22.5. The van der Waals surface area contributed by atoms with Gasteiger partial charge in [-0.25, -0.2) is 56.2 Å². The molecule has 126 heavy (non-hydrogen) atoms. The van der Waals surface area contributed by atoms with Crippen LogP contribution in [0, 0.1) is 69.9 Å². The molecule has 6 aliphatic rings. The number of fused-ring (bicyclic) bond motifs is 12. The Morgan fingerprint density at radius 3 is 1.07 bits per heavy atom. The van der Waals surface area contributed by atoms with Crippen LogP contribution in [0.3, 0.4) is 0 Å². The number of carbonyl (C=O) groups excluding carboxylic acids is 3. The van der Waals surface area contributed by atoms with Gasteiger partial charge in [0.25, 0.3) is 0 Å². The van der Waals surface area contributed by atoms with Crippen LogP contribution in [0.15, 0.2) is 260 Å². The molecule has 0 spiro atoms. The van der Waals surface area contributed by atoms with Gasteiger partial charge in [-0.2, -0.15) is 0 Å². The quantitative estimate of drug-likeness (QED) is 0.0771. The highest BCUT2D eigenvalue weighted by atomic mass is 19.1. The monoisotopic (exact) mass is 1680 g/mol. The highest BCUT2D eigenvalue weighted by molar-refractivity contribution is 6.03. The summed E-state index contributed by atoms with van der Waals surface area (Å²) < 4.78 is 90.2. The molecular weight excluding hydrogens is 1590 g/mol. The maximum Gasteiger partial charge on any atom is 0.166 e. The zero-order valence-corrected chi connectivity index (χ0v) is 71.2. The number of para-hydroxylation sites is 5. The standard InChI is InChI=1S/C38H34F2N4O.C37H32F2N4O.C30H25F2N3O2/c1-37(2)31-18-17-28-32(27-13-8-9-15-29(27)39)42-36(26-19-20-41-33-25(26)14-10-16-30(33)40)43-34(28)38(31,3)21-23(35(37)45)22-44(4)24-11-6-5-7-12-24;1-22-29-17-16-28-32(27-12-7-8-14-30(27)38)41-36(26-18-19-40-33-25(26)13-9-15-31(33)39)42-35(28)37(29,2)20-23(34(22)44)21-43(3)24-10-5-4-6-11-24;1-16-22-11-10-21-25(20-6-3-4-8-23(20)31)34-29(19-12-13-33-26-18(19)7-5-9-24(26)32)35-28(21)30(22,2)14-17(15-36)27(16)37/h5-16,19-20,22,31H,17-18,21H2,1-4H3;4-15,18-19,21-22,29H,16-17,20H2,1-3H3;3-9,12-13,15-16,22,36H,10-11,14H2,1-2H3/b23-22-;23-21-;17-15-/t31-,38-;22-,29-,37-;16-,22-,30-/m111/s1. The molecule has 0 saturated heterocycles. The number of aromatic nitrogens is 9. The lowest BCUT2D eigenvalue weighted by molar-refractivity contribution is -0.131. The van der Waals surface area contributed by atoms with Crippen molar-refractivity contribution in [3.63, 3.8) is 0 Å². The number of aliphatic hydroxyl groups excluding tert-OH is 1. The smallest absolute Gasteiger partial charge is 0.166 e. The minimum absolute atomic E-state index is 0.000881. The maximum absolute atomic E-state index is 15.5. The van der Waals surface area contributed by atoms with E-state index in [1.807, 2.05) is 125 Å². The Labute approximate surface area is 726 Å². The number of halogens is 6. The molecule has 6 aromatic heterocycles. The van der Waals surface area contributed by atoms with Crippen molar-refractivity contribution in [2.24, 2.45) is 35.0 Å². The van der Waals surface area contributed by atoms with Gasteiger partial charge in [-0.05, 0) is 173 Å². The van der Waals surface area contributed by atoms with E-state index in [1.54, 1.807) is 122 Å². The second-order valence-electron chi connectivity index (χ2n) is 35.5. The Hall–Kier alpha value is -13.6. The molecule has 14 aromatic rings. The number of hydrogen-bond acceptors (Lipinski definition) is 15. The lowest BCUT2D eigenvalue weighted by Crippen LogP contribution is -2.54. The third kappa shape index (κ3) is 14.4. The summed E-state index contributed by atoms with van der Waals surface area (Å²) in [5.41, 5.74) is 11.8. The molecule has 0 radical (unpaired) electrons.